The van der Waals surface area contributed by atoms with E-state index in [1.165, 1.54) is 0 Å². The van der Waals surface area contributed by atoms with Crippen LogP contribution in [0.4, 0.5) is 4.79 Å². The summed E-state index contributed by atoms with van der Waals surface area (Å²) in [5, 5.41) is 0. The Morgan fingerprint density at radius 3 is 2.92 bits per heavy atom. The van der Waals surface area contributed by atoms with Gasteiger partial charge < -0.3 is 21.5 Å². The van der Waals surface area contributed by atoms with E-state index >= 15 is 0 Å². The van der Waals surface area contributed by atoms with E-state index in [1.54, 1.807) is 4.90 Å². The van der Waals surface area contributed by atoms with Crippen molar-refractivity contribution in [2.45, 2.75) is 19.4 Å². The minimum Gasteiger partial charge on any atom is -0.375 e. The minimum atomic E-state index is -0.341. The van der Waals surface area contributed by atoms with Gasteiger partial charge in [0.1, 0.15) is 0 Å². The number of hydrogen-bond donors (Lipinski definition) is 2. The maximum atomic E-state index is 10.7. The lowest BCUT2D eigenvalue weighted by Crippen LogP contribution is -2.47. The Labute approximate surface area is 72.4 Å². The molecule has 0 radical (unpaired) electrons. The van der Waals surface area contributed by atoms with Gasteiger partial charge >= 0.3 is 6.03 Å². The monoisotopic (exact) mass is 175 g/mol. The molecule has 1 saturated heterocycles. The third-order valence-corrected chi connectivity index (χ3v) is 1.91. The number of ether oxygens (including phenoxy) is 1. The molecular formula is C7H17N3O2. The van der Waals surface area contributed by atoms with Crippen LogP contribution in [-0.4, -0.2) is 36.7 Å². The van der Waals surface area contributed by atoms with Gasteiger partial charge in [0.25, 0.3) is 0 Å². The second-order valence-electron chi connectivity index (χ2n) is 2.69. The number of nitrogens with two attached hydrogens (primary N) is 1. The Balaban J connectivity index is 0.00000121. The fraction of sp³-hybridized carbons (Fsp3) is 0.857. The van der Waals surface area contributed by atoms with Crippen molar-refractivity contribution in [1.82, 2.24) is 11.1 Å². The van der Waals surface area contributed by atoms with Crippen molar-refractivity contribution in [3.63, 3.8) is 0 Å². The van der Waals surface area contributed by atoms with E-state index in [2.05, 4.69) is 0 Å². The summed E-state index contributed by atoms with van der Waals surface area (Å²) >= 11 is 0. The first kappa shape index (κ1) is 11.2. The Hall–Kier alpha value is -0.810. The molecule has 0 aromatic heterocycles. The third kappa shape index (κ3) is 2.67. The topological polar surface area (TPSA) is 90.6 Å². The second kappa shape index (κ2) is 4.95. The molecule has 12 heavy (non-hydrogen) atoms. The van der Waals surface area contributed by atoms with Gasteiger partial charge in [-0.25, -0.2) is 4.79 Å². The second-order valence-corrected chi connectivity index (χ2v) is 2.69. The first-order chi connectivity index (χ1) is 5.24. The van der Waals surface area contributed by atoms with Crippen LogP contribution < -0.4 is 11.9 Å². The highest BCUT2D eigenvalue weighted by Crippen LogP contribution is 2.06. The molecule has 5 heteroatoms. The Bertz CT molecular complexity index is 152. The lowest BCUT2D eigenvalue weighted by atomic mass is 10.2. The number of morpholine rings is 1. The van der Waals surface area contributed by atoms with Crippen molar-refractivity contribution in [2.24, 2.45) is 5.73 Å². The van der Waals surface area contributed by atoms with Crippen LogP contribution in [-0.2, 0) is 4.74 Å². The highest BCUT2D eigenvalue weighted by Gasteiger charge is 2.20. The van der Waals surface area contributed by atoms with Gasteiger partial charge in [-0.15, -0.1) is 0 Å². The summed E-state index contributed by atoms with van der Waals surface area (Å²) in [4.78, 5) is 12.3. The van der Waals surface area contributed by atoms with Crippen LogP contribution in [0.3, 0.4) is 0 Å². The summed E-state index contributed by atoms with van der Waals surface area (Å²) < 4.78 is 5.36. The summed E-state index contributed by atoms with van der Waals surface area (Å²) in [5.74, 6) is 0. The van der Waals surface area contributed by atoms with Crippen molar-refractivity contribution in [3.05, 3.63) is 0 Å². The van der Waals surface area contributed by atoms with Gasteiger partial charge in [0.2, 0.25) is 0 Å². The van der Waals surface area contributed by atoms with E-state index in [0.29, 0.717) is 19.7 Å². The van der Waals surface area contributed by atoms with Gasteiger partial charge in [0.15, 0.2) is 0 Å². The Morgan fingerprint density at radius 2 is 2.42 bits per heavy atom. The summed E-state index contributed by atoms with van der Waals surface area (Å²) in [6, 6.07) is -0.341. The first-order valence-electron chi connectivity index (χ1n) is 3.90. The molecule has 1 heterocycles. The summed E-state index contributed by atoms with van der Waals surface area (Å²) in [5.41, 5.74) is 5.12. The van der Waals surface area contributed by atoms with E-state index < -0.39 is 0 Å². The van der Waals surface area contributed by atoms with Gasteiger partial charge in [-0.1, -0.05) is 6.92 Å². The average Bonchev–Trinajstić information content (AvgIpc) is 2.05. The molecule has 1 aliphatic heterocycles. The molecule has 0 spiro atoms. The predicted molar refractivity (Wildman–Crippen MR) is 46.2 cm³/mol. The van der Waals surface area contributed by atoms with Crippen LogP contribution in [0.5, 0.6) is 0 Å². The average molecular weight is 175 g/mol. The SMILES string of the molecule is CCC1CN(C(N)=O)CCO1.N. The quantitative estimate of drug-likeness (QED) is 0.602. The van der Waals surface area contributed by atoms with Crippen LogP contribution in [0.2, 0.25) is 0 Å². The molecule has 0 aromatic carbocycles. The number of primary amides is 1. The van der Waals surface area contributed by atoms with Crippen LogP contribution in [0.1, 0.15) is 13.3 Å². The van der Waals surface area contributed by atoms with Crippen LogP contribution >= 0.6 is 0 Å². The van der Waals surface area contributed by atoms with Crippen molar-refractivity contribution >= 4 is 6.03 Å². The van der Waals surface area contributed by atoms with E-state index in [1.807, 2.05) is 6.92 Å². The fourth-order valence-corrected chi connectivity index (χ4v) is 1.17. The molecule has 0 saturated carbocycles. The number of rotatable bonds is 1. The normalized spacial score (nSPS) is 23.1. The molecular weight excluding hydrogens is 158 g/mol. The van der Waals surface area contributed by atoms with Gasteiger partial charge in [0, 0.05) is 13.1 Å². The lowest BCUT2D eigenvalue weighted by Gasteiger charge is -2.31. The zero-order chi connectivity index (χ0) is 8.27. The Kier molecular flexibility index (Phi) is 4.61. The molecule has 2 amide bonds. The van der Waals surface area contributed by atoms with E-state index in [9.17, 15) is 4.79 Å². The molecule has 72 valence electrons. The lowest BCUT2D eigenvalue weighted by molar-refractivity contribution is -0.0141. The fourth-order valence-electron chi connectivity index (χ4n) is 1.17. The van der Waals surface area contributed by atoms with Gasteiger partial charge in [-0.2, -0.15) is 0 Å². The minimum absolute atomic E-state index is 0. The van der Waals surface area contributed by atoms with Gasteiger partial charge in [-0.3, -0.25) is 0 Å². The van der Waals surface area contributed by atoms with Crippen LogP contribution in [0.25, 0.3) is 0 Å². The number of carbonyl (C=O) groups is 1. The van der Waals surface area contributed by atoms with Crippen LogP contribution in [0.15, 0.2) is 0 Å². The highest BCUT2D eigenvalue weighted by atomic mass is 16.5. The van der Waals surface area contributed by atoms with Crippen LogP contribution in [0, 0.1) is 0 Å². The summed E-state index contributed by atoms with van der Waals surface area (Å²) in [6.45, 7) is 3.92. The van der Waals surface area contributed by atoms with Crippen molar-refractivity contribution < 1.29 is 9.53 Å². The molecule has 1 atom stereocenters. The summed E-state index contributed by atoms with van der Waals surface area (Å²) in [6.07, 6.45) is 1.11. The van der Waals surface area contributed by atoms with Crippen molar-refractivity contribution in [3.8, 4) is 0 Å². The zero-order valence-corrected chi connectivity index (χ0v) is 7.45. The molecule has 5 N–H and O–H groups in total. The Morgan fingerprint density at radius 1 is 1.75 bits per heavy atom. The van der Waals surface area contributed by atoms with E-state index in [-0.39, 0.29) is 18.3 Å². The molecule has 0 aliphatic carbocycles. The van der Waals surface area contributed by atoms with E-state index in [4.69, 9.17) is 10.5 Å². The molecule has 0 bridgehead atoms. The van der Waals surface area contributed by atoms with Crippen molar-refractivity contribution in [1.29, 1.82) is 0 Å². The third-order valence-electron chi connectivity index (χ3n) is 1.91. The number of amides is 2. The number of hydrogen-bond acceptors (Lipinski definition) is 3. The molecule has 1 fully saturated rings. The zero-order valence-electron chi connectivity index (χ0n) is 7.45. The predicted octanol–water partition coefficient (Wildman–Crippen LogP) is 0.338. The first-order valence-corrected chi connectivity index (χ1v) is 3.90. The largest absolute Gasteiger partial charge is 0.375 e. The number of nitrogens with zero attached hydrogens (tertiary/aromatic N) is 1. The molecule has 1 rings (SSSR count). The number of urea groups is 1. The maximum absolute atomic E-state index is 10.7. The molecule has 0 aromatic rings. The molecule has 5 nitrogen and oxygen atoms in total. The smallest absolute Gasteiger partial charge is 0.314 e. The van der Waals surface area contributed by atoms with Gasteiger partial charge in [0.05, 0.1) is 12.7 Å². The maximum Gasteiger partial charge on any atom is 0.314 e. The summed E-state index contributed by atoms with van der Waals surface area (Å²) in [7, 11) is 0. The number of carbonyl (C=O) groups excluding carboxylic acids is 1. The standard InChI is InChI=1S/C7H14N2O2.H3N/c1-2-6-5-9(7(8)10)3-4-11-6;/h6H,2-5H2,1H3,(H2,8,10);1H3. The van der Waals surface area contributed by atoms with Crippen molar-refractivity contribution in [2.75, 3.05) is 19.7 Å². The molecule has 1 aliphatic rings. The molecule has 1 unspecified atom stereocenters. The van der Waals surface area contributed by atoms with Gasteiger partial charge in [-0.05, 0) is 6.42 Å². The highest BCUT2D eigenvalue weighted by molar-refractivity contribution is 5.72. The van der Waals surface area contributed by atoms with E-state index in [0.717, 1.165) is 6.42 Å².